The first-order valence-electron chi connectivity index (χ1n) is 8.09. The predicted octanol–water partition coefficient (Wildman–Crippen LogP) is 5.16. The summed E-state index contributed by atoms with van der Waals surface area (Å²) in [6.07, 6.45) is 0. The van der Waals surface area contributed by atoms with Crippen LogP contribution in [0.5, 0.6) is 0 Å². The van der Waals surface area contributed by atoms with Crippen molar-refractivity contribution >= 4 is 5.97 Å². The lowest BCUT2D eigenvalue weighted by molar-refractivity contribution is 0.0697. The maximum Gasteiger partial charge on any atom is 0.335 e. The van der Waals surface area contributed by atoms with Crippen molar-refractivity contribution in [3.8, 4) is 11.1 Å². The molecule has 2 nitrogen and oxygen atoms in total. The molecule has 0 fully saturated rings. The zero-order chi connectivity index (χ0) is 16.8. The Bertz CT molecular complexity index is 901. The molecule has 1 N–H and O–H groups in total. The third kappa shape index (κ3) is 2.23. The van der Waals surface area contributed by atoms with E-state index in [4.69, 9.17) is 5.11 Å². The second kappa shape index (κ2) is 5.34. The van der Waals surface area contributed by atoms with Gasteiger partial charge in [-0.25, -0.2) is 4.79 Å². The van der Waals surface area contributed by atoms with Crippen LogP contribution in [0.4, 0.5) is 0 Å². The molecule has 3 aromatic carbocycles. The van der Waals surface area contributed by atoms with Crippen molar-refractivity contribution in [1.82, 2.24) is 0 Å². The summed E-state index contributed by atoms with van der Waals surface area (Å²) < 4.78 is 0. The molecule has 1 aliphatic carbocycles. The Kier molecular flexibility index (Phi) is 3.27. The minimum absolute atomic E-state index is 0.164. The van der Waals surface area contributed by atoms with E-state index in [0.29, 0.717) is 5.56 Å². The fourth-order valence-corrected chi connectivity index (χ4v) is 3.68. The largest absolute Gasteiger partial charge is 0.478 e. The van der Waals surface area contributed by atoms with Crippen molar-refractivity contribution in [3.63, 3.8) is 0 Å². The molecule has 3 aromatic rings. The van der Waals surface area contributed by atoms with Gasteiger partial charge in [0.15, 0.2) is 0 Å². The second-order valence-electron chi connectivity index (χ2n) is 6.54. The predicted molar refractivity (Wildman–Crippen MR) is 95.7 cm³/mol. The Balaban J connectivity index is 1.93. The van der Waals surface area contributed by atoms with Crippen LogP contribution < -0.4 is 0 Å². The van der Waals surface area contributed by atoms with Gasteiger partial charge in [0.2, 0.25) is 0 Å². The van der Waals surface area contributed by atoms with Gasteiger partial charge in [0.05, 0.1) is 5.56 Å². The number of aromatic carboxylic acids is 1. The summed E-state index contributed by atoms with van der Waals surface area (Å²) in [7, 11) is 0. The van der Waals surface area contributed by atoms with E-state index < -0.39 is 5.97 Å². The number of rotatable bonds is 2. The van der Waals surface area contributed by atoms with E-state index in [0.717, 1.165) is 5.56 Å². The number of benzene rings is 3. The van der Waals surface area contributed by atoms with Crippen LogP contribution in [0.25, 0.3) is 11.1 Å². The number of hydrogen-bond donors (Lipinski definition) is 1. The zero-order valence-corrected chi connectivity index (χ0v) is 13.7. The first-order chi connectivity index (χ1) is 11.5. The maximum absolute atomic E-state index is 11.1. The molecule has 0 amide bonds. The van der Waals surface area contributed by atoms with Gasteiger partial charge in [0, 0.05) is 5.92 Å². The highest BCUT2D eigenvalue weighted by Crippen LogP contribution is 2.48. The molecule has 0 unspecified atom stereocenters. The Hall–Kier alpha value is -2.87. The van der Waals surface area contributed by atoms with Crippen LogP contribution in [-0.2, 0) is 0 Å². The van der Waals surface area contributed by atoms with Crippen LogP contribution in [0.15, 0.2) is 60.7 Å². The van der Waals surface area contributed by atoms with Gasteiger partial charge < -0.3 is 5.11 Å². The lowest BCUT2D eigenvalue weighted by atomic mass is 9.88. The van der Waals surface area contributed by atoms with Crippen LogP contribution in [0.3, 0.4) is 0 Å². The van der Waals surface area contributed by atoms with Gasteiger partial charge in [-0.05, 0) is 53.8 Å². The summed E-state index contributed by atoms with van der Waals surface area (Å²) in [5, 5.41) is 9.13. The maximum atomic E-state index is 11.1. The number of carboxylic acids is 1. The summed E-state index contributed by atoms with van der Waals surface area (Å²) in [6, 6.07) is 20.5. The normalized spacial score (nSPS) is 12.8. The highest BCUT2D eigenvalue weighted by Gasteiger charge is 2.30. The van der Waals surface area contributed by atoms with Crippen molar-refractivity contribution in [2.45, 2.75) is 19.8 Å². The van der Waals surface area contributed by atoms with Crippen molar-refractivity contribution in [2.24, 2.45) is 0 Å². The Morgan fingerprint density at radius 3 is 1.75 bits per heavy atom. The molecule has 0 saturated heterocycles. The summed E-state index contributed by atoms with van der Waals surface area (Å²) >= 11 is 0. The molecule has 4 rings (SSSR count). The average Bonchev–Trinajstić information content (AvgIpc) is 2.87. The van der Waals surface area contributed by atoms with Crippen molar-refractivity contribution in [1.29, 1.82) is 0 Å². The quantitative estimate of drug-likeness (QED) is 0.555. The minimum Gasteiger partial charge on any atom is -0.478 e. The van der Waals surface area contributed by atoms with Crippen molar-refractivity contribution in [2.75, 3.05) is 0 Å². The molecule has 2 heteroatoms. The van der Waals surface area contributed by atoms with Gasteiger partial charge in [-0.3, -0.25) is 0 Å². The van der Waals surface area contributed by atoms with E-state index in [1.54, 1.807) is 12.1 Å². The van der Waals surface area contributed by atoms with E-state index in [2.05, 4.69) is 50.2 Å². The molecular formula is C22H18O2. The third-order valence-electron chi connectivity index (χ3n) is 4.82. The Morgan fingerprint density at radius 1 is 0.792 bits per heavy atom. The molecule has 0 bridgehead atoms. The topological polar surface area (TPSA) is 37.3 Å². The Morgan fingerprint density at radius 2 is 1.29 bits per heavy atom. The molecule has 0 aliphatic heterocycles. The van der Waals surface area contributed by atoms with Crippen molar-refractivity contribution in [3.05, 3.63) is 94.0 Å². The van der Waals surface area contributed by atoms with Crippen LogP contribution in [0, 0.1) is 13.8 Å². The zero-order valence-electron chi connectivity index (χ0n) is 13.7. The molecule has 1 aliphatic rings. The van der Waals surface area contributed by atoms with Gasteiger partial charge in [0.1, 0.15) is 0 Å². The van der Waals surface area contributed by atoms with Crippen LogP contribution in [-0.4, -0.2) is 11.1 Å². The fourth-order valence-electron chi connectivity index (χ4n) is 3.68. The van der Waals surface area contributed by atoms with Gasteiger partial charge in [-0.2, -0.15) is 0 Å². The monoisotopic (exact) mass is 314 g/mol. The summed E-state index contributed by atoms with van der Waals surface area (Å²) in [5.41, 5.74) is 9.11. The standard InChI is InChI=1S/C22H18O2/c1-13-3-9-17-18-10-4-14(2)12-20(18)21(19(17)11-13)15-5-7-16(8-6-15)22(23)24/h3-12,21H,1-2H3,(H,23,24). The first kappa shape index (κ1) is 14.7. The highest BCUT2D eigenvalue weighted by atomic mass is 16.4. The van der Waals surface area contributed by atoms with Crippen molar-refractivity contribution < 1.29 is 9.90 Å². The Labute approximate surface area is 141 Å². The van der Waals surface area contributed by atoms with Gasteiger partial charge in [-0.1, -0.05) is 59.7 Å². The van der Waals surface area contributed by atoms with E-state index in [9.17, 15) is 4.79 Å². The average molecular weight is 314 g/mol. The SMILES string of the molecule is Cc1ccc2c(c1)C(c1ccc(C(=O)O)cc1)c1cc(C)ccc1-2. The molecule has 0 heterocycles. The number of aryl methyl sites for hydroxylation is 2. The van der Waals surface area contributed by atoms with E-state index in [1.165, 1.54) is 33.4 Å². The summed E-state index contributed by atoms with van der Waals surface area (Å²) in [6.45, 7) is 4.22. The van der Waals surface area contributed by atoms with E-state index >= 15 is 0 Å². The van der Waals surface area contributed by atoms with Gasteiger partial charge in [-0.15, -0.1) is 0 Å². The van der Waals surface area contributed by atoms with E-state index in [-0.39, 0.29) is 5.92 Å². The fraction of sp³-hybridized carbons (Fsp3) is 0.136. The third-order valence-corrected chi connectivity index (χ3v) is 4.82. The number of fused-ring (bicyclic) bond motifs is 3. The molecule has 0 radical (unpaired) electrons. The van der Waals surface area contributed by atoms with Crippen LogP contribution in [0.2, 0.25) is 0 Å². The van der Waals surface area contributed by atoms with Crippen LogP contribution >= 0.6 is 0 Å². The lowest BCUT2D eigenvalue weighted by Crippen LogP contribution is -2.02. The molecule has 0 aromatic heterocycles. The molecule has 0 saturated carbocycles. The number of carboxylic acid groups (broad SMARTS) is 1. The highest BCUT2D eigenvalue weighted by molar-refractivity contribution is 5.88. The molecule has 118 valence electrons. The number of carbonyl (C=O) groups is 1. The van der Waals surface area contributed by atoms with Gasteiger partial charge in [0.25, 0.3) is 0 Å². The molecule has 0 atom stereocenters. The van der Waals surface area contributed by atoms with Gasteiger partial charge >= 0.3 is 5.97 Å². The first-order valence-corrected chi connectivity index (χ1v) is 8.09. The van der Waals surface area contributed by atoms with Crippen LogP contribution in [0.1, 0.15) is 44.1 Å². The molecular weight excluding hydrogens is 296 g/mol. The summed E-state index contributed by atoms with van der Waals surface area (Å²) in [5.74, 6) is -0.724. The number of hydrogen-bond acceptors (Lipinski definition) is 1. The lowest BCUT2D eigenvalue weighted by Gasteiger charge is -2.15. The van der Waals surface area contributed by atoms with E-state index in [1.807, 2.05) is 12.1 Å². The summed E-state index contributed by atoms with van der Waals surface area (Å²) in [4.78, 5) is 11.1. The minimum atomic E-state index is -0.888. The smallest absolute Gasteiger partial charge is 0.335 e. The molecule has 24 heavy (non-hydrogen) atoms. The molecule has 0 spiro atoms. The second-order valence-corrected chi connectivity index (χ2v) is 6.54.